The molecule has 0 aliphatic heterocycles. The van der Waals surface area contributed by atoms with Crippen LogP contribution in [0, 0.1) is 17.2 Å². The maximum atomic E-state index is 12.2. The van der Waals surface area contributed by atoms with Crippen LogP contribution in [0.3, 0.4) is 0 Å². The molecule has 0 bridgehead atoms. The van der Waals surface area contributed by atoms with E-state index >= 15 is 0 Å². The lowest BCUT2D eigenvalue weighted by Gasteiger charge is -2.08. The summed E-state index contributed by atoms with van der Waals surface area (Å²) in [5, 5.41) is 21.1. The highest BCUT2D eigenvalue weighted by atomic mass is 16.5. The lowest BCUT2D eigenvalue weighted by molar-refractivity contribution is -0.112. The van der Waals surface area contributed by atoms with Gasteiger partial charge in [0.25, 0.3) is 5.91 Å². The number of hydrogen-bond donors (Lipinski definition) is 2. The number of carbonyl (C=O) groups excluding carboxylic acids is 1. The number of anilines is 1. The van der Waals surface area contributed by atoms with Crippen molar-refractivity contribution in [2.75, 3.05) is 11.9 Å². The van der Waals surface area contributed by atoms with E-state index in [0.717, 1.165) is 11.3 Å². The van der Waals surface area contributed by atoms with E-state index in [9.17, 15) is 15.2 Å². The van der Waals surface area contributed by atoms with Gasteiger partial charge < -0.3 is 15.2 Å². The Balaban J connectivity index is 2.07. The lowest BCUT2D eigenvalue weighted by atomic mass is 10.1. The fourth-order valence-electron chi connectivity index (χ4n) is 1.98. The molecule has 2 aromatic rings. The average molecular weight is 336 g/mol. The zero-order valence-corrected chi connectivity index (χ0v) is 14.2. The first-order valence-electron chi connectivity index (χ1n) is 7.93. The van der Waals surface area contributed by atoms with Crippen molar-refractivity contribution in [3.8, 4) is 17.6 Å². The first-order valence-corrected chi connectivity index (χ1v) is 7.93. The van der Waals surface area contributed by atoms with Crippen LogP contribution in [0.5, 0.6) is 11.5 Å². The van der Waals surface area contributed by atoms with Crippen molar-refractivity contribution in [2.24, 2.45) is 5.92 Å². The fraction of sp³-hybridized carbons (Fsp3) is 0.200. The van der Waals surface area contributed by atoms with Crippen LogP contribution in [0.1, 0.15) is 19.4 Å². The molecule has 0 unspecified atom stereocenters. The summed E-state index contributed by atoms with van der Waals surface area (Å²) in [5.74, 6) is 0.786. The van der Waals surface area contributed by atoms with Gasteiger partial charge in [0, 0.05) is 5.69 Å². The molecule has 2 rings (SSSR count). The van der Waals surface area contributed by atoms with Gasteiger partial charge in [0.1, 0.15) is 23.1 Å². The number of rotatable bonds is 6. The van der Waals surface area contributed by atoms with Gasteiger partial charge in [-0.05, 0) is 54.0 Å². The SMILES string of the molecule is CC(C)COc1ccc(/C=C(/C#N)C(=O)Nc2ccc(O)cc2)cc1. The Kier molecular flexibility index (Phi) is 6.19. The Bertz CT molecular complexity index is 785. The monoisotopic (exact) mass is 336 g/mol. The number of ether oxygens (including phenoxy) is 1. The van der Waals surface area contributed by atoms with E-state index in [2.05, 4.69) is 19.2 Å². The standard InChI is InChI=1S/C20H20N2O3/c1-14(2)13-25-19-9-3-15(4-10-19)11-16(12-21)20(24)22-17-5-7-18(23)8-6-17/h3-11,14,23H,13H2,1-2H3,(H,22,24)/b16-11-. The molecule has 5 heteroatoms. The van der Waals surface area contributed by atoms with Crippen molar-refractivity contribution < 1.29 is 14.6 Å². The molecular formula is C20H20N2O3. The van der Waals surface area contributed by atoms with Gasteiger partial charge in [-0.1, -0.05) is 26.0 Å². The van der Waals surface area contributed by atoms with Crippen molar-refractivity contribution in [1.29, 1.82) is 5.26 Å². The van der Waals surface area contributed by atoms with Crippen LogP contribution in [0.15, 0.2) is 54.1 Å². The number of hydrogen-bond acceptors (Lipinski definition) is 4. The summed E-state index contributed by atoms with van der Waals surface area (Å²) in [6.45, 7) is 4.78. The van der Waals surface area contributed by atoms with Crippen molar-refractivity contribution in [3.63, 3.8) is 0 Å². The summed E-state index contributed by atoms with van der Waals surface area (Å²) in [5.41, 5.74) is 1.22. The molecule has 0 atom stereocenters. The number of phenols is 1. The molecule has 0 radical (unpaired) electrons. The number of aromatic hydroxyl groups is 1. The predicted molar refractivity (Wildman–Crippen MR) is 97.1 cm³/mol. The quantitative estimate of drug-likeness (QED) is 0.475. The van der Waals surface area contributed by atoms with E-state index in [4.69, 9.17) is 4.74 Å². The van der Waals surface area contributed by atoms with Gasteiger partial charge in [-0.3, -0.25) is 4.79 Å². The van der Waals surface area contributed by atoms with Gasteiger partial charge in [0.2, 0.25) is 0 Å². The minimum absolute atomic E-state index is 0.0103. The molecule has 5 nitrogen and oxygen atoms in total. The molecule has 128 valence electrons. The topological polar surface area (TPSA) is 82.3 Å². The minimum Gasteiger partial charge on any atom is -0.508 e. The number of nitriles is 1. The van der Waals surface area contributed by atoms with Gasteiger partial charge in [-0.2, -0.15) is 5.26 Å². The molecule has 0 spiro atoms. The molecule has 0 aliphatic rings. The maximum absolute atomic E-state index is 12.2. The van der Waals surface area contributed by atoms with Crippen LogP contribution in [0.2, 0.25) is 0 Å². The molecule has 2 aromatic carbocycles. The molecule has 0 fully saturated rings. The van der Waals surface area contributed by atoms with Crippen molar-refractivity contribution in [3.05, 3.63) is 59.7 Å². The molecule has 2 N–H and O–H groups in total. The zero-order chi connectivity index (χ0) is 18.2. The van der Waals surface area contributed by atoms with Gasteiger partial charge in [0.15, 0.2) is 0 Å². The molecule has 1 amide bonds. The van der Waals surface area contributed by atoms with Gasteiger partial charge in [-0.25, -0.2) is 0 Å². The number of benzene rings is 2. The molecule has 0 aliphatic carbocycles. The smallest absolute Gasteiger partial charge is 0.266 e. The summed E-state index contributed by atoms with van der Waals surface area (Å²) < 4.78 is 5.60. The number of phenolic OH excluding ortho intramolecular Hbond substituents is 1. The number of nitrogens with one attached hydrogen (secondary N) is 1. The first kappa shape index (κ1) is 18.1. The van der Waals surface area contributed by atoms with Crippen molar-refractivity contribution >= 4 is 17.7 Å². The fourth-order valence-corrected chi connectivity index (χ4v) is 1.98. The third-order valence-corrected chi connectivity index (χ3v) is 3.26. The second kappa shape index (κ2) is 8.55. The van der Waals surface area contributed by atoms with Crippen molar-refractivity contribution in [2.45, 2.75) is 13.8 Å². The minimum atomic E-state index is -0.506. The summed E-state index contributed by atoms with van der Waals surface area (Å²) in [6.07, 6.45) is 1.52. The van der Waals surface area contributed by atoms with E-state index < -0.39 is 5.91 Å². The predicted octanol–water partition coefficient (Wildman–Crippen LogP) is 3.97. The summed E-state index contributed by atoms with van der Waals surface area (Å²) in [7, 11) is 0. The Morgan fingerprint density at radius 3 is 2.40 bits per heavy atom. The van der Waals surface area contributed by atoms with Crippen LogP contribution >= 0.6 is 0 Å². The van der Waals surface area contributed by atoms with Crippen LogP contribution in [0.4, 0.5) is 5.69 Å². The Morgan fingerprint density at radius 2 is 1.84 bits per heavy atom. The van der Waals surface area contributed by atoms with Gasteiger partial charge in [0.05, 0.1) is 6.61 Å². The highest BCUT2D eigenvalue weighted by Gasteiger charge is 2.09. The maximum Gasteiger partial charge on any atom is 0.266 e. The normalized spacial score (nSPS) is 11.0. The Morgan fingerprint density at radius 1 is 1.20 bits per heavy atom. The van der Waals surface area contributed by atoms with E-state index in [0.29, 0.717) is 18.2 Å². The second-order valence-corrected chi connectivity index (χ2v) is 5.94. The molecule has 0 aromatic heterocycles. The lowest BCUT2D eigenvalue weighted by Crippen LogP contribution is -2.13. The highest BCUT2D eigenvalue weighted by molar-refractivity contribution is 6.09. The molecule has 0 saturated heterocycles. The van der Waals surface area contributed by atoms with E-state index in [-0.39, 0.29) is 11.3 Å². The molecule has 25 heavy (non-hydrogen) atoms. The zero-order valence-electron chi connectivity index (χ0n) is 14.2. The second-order valence-electron chi connectivity index (χ2n) is 5.94. The third kappa shape index (κ3) is 5.70. The van der Waals surface area contributed by atoms with E-state index in [1.165, 1.54) is 18.2 Å². The highest BCUT2D eigenvalue weighted by Crippen LogP contribution is 2.17. The van der Waals surface area contributed by atoms with Crippen LogP contribution in [0.25, 0.3) is 6.08 Å². The summed E-state index contributed by atoms with van der Waals surface area (Å²) >= 11 is 0. The number of amides is 1. The van der Waals surface area contributed by atoms with Crippen LogP contribution in [-0.2, 0) is 4.79 Å². The van der Waals surface area contributed by atoms with Crippen LogP contribution < -0.4 is 10.1 Å². The molecule has 0 heterocycles. The third-order valence-electron chi connectivity index (χ3n) is 3.26. The van der Waals surface area contributed by atoms with Crippen molar-refractivity contribution in [1.82, 2.24) is 0 Å². The Labute approximate surface area is 147 Å². The molecule has 0 saturated carbocycles. The average Bonchev–Trinajstić information content (AvgIpc) is 2.60. The van der Waals surface area contributed by atoms with Crippen LogP contribution in [-0.4, -0.2) is 17.6 Å². The largest absolute Gasteiger partial charge is 0.508 e. The summed E-state index contributed by atoms with van der Waals surface area (Å²) in [6, 6.07) is 15.1. The van der Waals surface area contributed by atoms with E-state index in [1.807, 2.05) is 6.07 Å². The van der Waals surface area contributed by atoms with E-state index in [1.54, 1.807) is 36.4 Å². The first-order chi connectivity index (χ1) is 12.0. The molecular weight excluding hydrogens is 316 g/mol. The number of nitrogens with zero attached hydrogens (tertiary/aromatic N) is 1. The van der Waals surface area contributed by atoms with Gasteiger partial charge in [-0.15, -0.1) is 0 Å². The summed E-state index contributed by atoms with van der Waals surface area (Å²) in [4.78, 5) is 12.2. The Hall–Kier alpha value is -3.26. The van der Waals surface area contributed by atoms with Gasteiger partial charge >= 0.3 is 0 Å². The number of carbonyl (C=O) groups is 1.